The summed E-state index contributed by atoms with van der Waals surface area (Å²) in [6.45, 7) is 2.38. The van der Waals surface area contributed by atoms with Gasteiger partial charge in [-0.15, -0.1) is 0 Å². The monoisotopic (exact) mass is 384 g/mol. The predicted octanol–water partition coefficient (Wildman–Crippen LogP) is 4.21. The molecule has 0 saturated carbocycles. The van der Waals surface area contributed by atoms with Crippen molar-refractivity contribution in [2.75, 3.05) is 7.11 Å². The van der Waals surface area contributed by atoms with Gasteiger partial charge in [0.05, 0.1) is 30.3 Å². The molecule has 0 amide bonds. The average Bonchev–Trinajstić information content (AvgIpc) is 2.76. The van der Waals surface area contributed by atoms with Crippen LogP contribution in [0.5, 0.6) is 0 Å². The molecule has 0 aliphatic rings. The zero-order valence-electron chi connectivity index (χ0n) is 16.3. The van der Waals surface area contributed by atoms with Crippen LogP contribution < -0.4 is 5.56 Å². The van der Waals surface area contributed by atoms with Gasteiger partial charge >= 0.3 is 5.97 Å². The average molecular weight is 384 g/mol. The Morgan fingerprint density at radius 3 is 2.34 bits per heavy atom. The lowest BCUT2D eigenvalue weighted by Gasteiger charge is -2.13. The van der Waals surface area contributed by atoms with Crippen LogP contribution in [0.2, 0.25) is 0 Å². The molecular weight excluding hydrogens is 364 g/mol. The first kappa shape index (κ1) is 18.6. The van der Waals surface area contributed by atoms with Crippen LogP contribution in [0.25, 0.3) is 22.3 Å². The molecule has 0 atom stereocenters. The Morgan fingerprint density at radius 2 is 1.66 bits per heavy atom. The van der Waals surface area contributed by atoms with E-state index in [0.29, 0.717) is 17.8 Å². The van der Waals surface area contributed by atoms with Gasteiger partial charge in [0, 0.05) is 5.56 Å². The third-order valence-electron chi connectivity index (χ3n) is 4.89. The van der Waals surface area contributed by atoms with Gasteiger partial charge in [0.25, 0.3) is 5.56 Å². The van der Waals surface area contributed by atoms with Crippen LogP contribution in [0.3, 0.4) is 0 Å². The number of nitrogens with zero attached hydrogens (tertiary/aromatic N) is 2. The van der Waals surface area contributed by atoms with E-state index in [1.165, 1.54) is 7.11 Å². The number of hydrogen-bond acceptors (Lipinski definition) is 4. The number of hydrogen-bond donors (Lipinski definition) is 0. The first-order chi connectivity index (χ1) is 14.1. The van der Waals surface area contributed by atoms with Crippen LogP contribution in [-0.2, 0) is 11.3 Å². The highest BCUT2D eigenvalue weighted by Crippen LogP contribution is 2.19. The lowest BCUT2D eigenvalue weighted by atomic mass is 10.1. The highest BCUT2D eigenvalue weighted by Gasteiger charge is 2.13. The number of aromatic nitrogens is 2. The minimum Gasteiger partial charge on any atom is -0.465 e. The Bertz CT molecular complexity index is 1240. The number of methoxy groups -OCH3 is 1. The Morgan fingerprint density at radius 1 is 0.966 bits per heavy atom. The molecule has 4 rings (SSSR count). The van der Waals surface area contributed by atoms with E-state index in [4.69, 9.17) is 4.74 Å². The molecule has 5 nitrogen and oxygen atoms in total. The van der Waals surface area contributed by atoms with Crippen molar-refractivity contribution in [2.45, 2.75) is 13.5 Å². The zero-order chi connectivity index (χ0) is 20.4. The molecule has 0 fully saturated rings. The fourth-order valence-electron chi connectivity index (χ4n) is 3.30. The highest BCUT2D eigenvalue weighted by atomic mass is 16.5. The fourth-order valence-corrected chi connectivity index (χ4v) is 3.30. The number of rotatable bonds is 4. The molecule has 1 heterocycles. The van der Waals surface area contributed by atoms with Gasteiger partial charge in [-0.1, -0.05) is 54.1 Å². The van der Waals surface area contributed by atoms with E-state index < -0.39 is 0 Å². The van der Waals surface area contributed by atoms with Crippen molar-refractivity contribution in [1.82, 2.24) is 9.55 Å². The molecule has 144 valence electrons. The molecule has 0 spiro atoms. The molecule has 1 aromatic heterocycles. The summed E-state index contributed by atoms with van der Waals surface area (Å²) < 4.78 is 6.47. The van der Waals surface area contributed by atoms with Crippen LogP contribution in [0, 0.1) is 6.92 Å². The normalized spacial score (nSPS) is 10.8. The van der Waals surface area contributed by atoms with E-state index >= 15 is 0 Å². The maximum absolute atomic E-state index is 13.3. The van der Waals surface area contributed by atoms with Gasteiger partial charge in [-0.3, -0.25) is 4.79 Å². The maximum atomic E-state index is 13.3. The molecule has 3 aromatic carbocycles. The molecule has 0 N–H and O–H groups in total. The van der Waals surface area contributed by atoms with Gasteiger partial charge in [0.2, 0.25) is 0 Å². The van der Waals surface area contributed by atoms with Crippen molar-refractivity contribution >= 4 is 17.0 Å². The standard InChI is InChI=1S/C24H20N2O3/c1-16-7-11-18(12-8-16)22-23(27)26(21-6-4-3-5-20(21)25-22)15-17-9-13-19(14-10-17)24(28)29-2/h3-14H,15H2,1-2H3. The van der Waals surface area contributed by atoms with Crippen molar-refractivity contribution in [2.24, 2.45) is 0 Å². The van der Waals surface area contributed by atoms with Crippen molar-refractivity contribution in [1.29, 1.82) is 0 Å². The van der Waals surface area contributed by atoms with Gasteiger partial charge in [0.15, 0.2) is 0 Å². The summed E-state index contributed by atoms with van der Waals surface area (Å²) in [5.74, 6) is -0.385. The van der Waals surface area contributed by atoms with E-state index in [2.05, 4.69) is 4.98 Å². The summed E-state index contributed by atoms with van der Waals surface area (Å²) >= 11 is 0. The number of benzene rings is 3. The summed E-state index contributed by atoms with van der Waals surface area (Å²) in [4.78, 5) is 29.6. The Kier molecular flexibility index (Phi) is 4.96. The number of ether oxygens (including phenoxy) is 1. The topological polar surface area (TPSA) is 61.2 Å². The van der Waals surface area contributed by atoms with E-state index in [1.807, 2.05) is 67.6 Å². The SMILES string of the molecule is COC(=O)c1ccc(Cn2c(=O)c(-c3ccc(C)cc3)nc3ccccc32)cc1. The Labute approximate surface area is 168 Å². The van der Waals surface area contributed by atoms with Crippen LogP contribution >= 0.6 is 0 Å². The lowest BCUT2D eigenvalue weighted by molar-refractivity contribution is 0.0600. The fraction of sp³-hybridized carbons (Fsp3) is 0.125. The smallest absolute Gasteiger partial charge is 0.337 e. The summed E-state index contributed by atoms with van der Waals surface area (Å²) in [7, 11) is 1.35. The van der Waals surface area contributed by atoms with Crippen molar-refractivity contribution < 1.29 is 9.53 Å². The largest absolute Gasteiger partial charge is 0.465 e. The van der Waals surface area contributed by atoms with Gasteiger partial charge in [-0.25, -0.2) is 9.78 Å². The number of aryl methyl sites for hydroxylation is 1. The molecule has 0 radical (unpaired) electrons. The minimum atomic E-state index is -0.385. The molecule has 0 saturated heterocycles. The summed E-state index contributed by atoms with van der Waals surface area (Å²) in [6.07, 6.45) is 0. The van der Waals surface area contributed by atoms with Gasteiger partial charge in [-0.05, 0) is 36.8 Å². The zero-order valence-corrected chi connectivity index (χ0v) is 16.3. The Balaban J connectivity index is 1.82. The summed E-state index contributed by atoms with van der Waals surface area (Å²) in [6, 6.07) is 22.5. The molecule has 5 heteroatoms. The molecule has 0 unspecified atom stereocenters. The van der Waals surface area contributed by atoms with Crippen LogP contribution in [0.4, 0.5) is 0 Å². The quantitative estimate of drug-likeness (QED) is 0.495. The van der Waals surface area contributed by atoms with E-state index in [1.54, 1.807) is 16.7 Å². The predicted molar refractivity (Wildman–Crippen MR) is 113 cm³/mol. The van der Waals surface area contributed by atoms with Gasteiger partial charge in [0.1, 0.15) is 5.69 Å². The van der Waals surface area contributed by atoms with Gasteiger partial charge < -0.3 is 9.30 Å². The molecule has 0 bridgehead atoms. The third kappa shape index (κ3) is 3.67. The minimum absolute atomic E-state index is 0.149. The third-order valence-corrected chi connectivity index (χ3v) is 4.89. The maximum Gasteiger partial charge on any atom is 0.337 e. The van der Waals surface area contributed by atoms with Crippen molar-refractivity contribution in [3.05, 3.63) is 99.8 Å². The highest BCUT2D eigenvalue weighted by molar-refractivity contribution is 5.89. The first-order valence-electron chi connectivity index (χ1n) is 9.30. The Hall–Kier alpha value is -3.73. The van der Waals surface area contributed by atoms with E-state index in [-0.39, 0.29) is 11.5 Å². The second kappa shape index (κ2) is 7.72. The van der Waals surface area contributed by atoms with Crippen molar-refractivity contribution in [3.8, 4) is 11.3 Å². The molecule has 0 aliphatic carbocycles. The molecular formula is C24H20N2O3. The molecule has 4 aromatic rings. The van der Waals surface area contributed by atoms with Crippen LogP contribution in [-0.4, -0.2) is 22.6 Å². The van der Waals surface area contributed by atoms with E-state index in [9.17, 15) is 9.59 Å². The van der Waals surface area contributed by atoms with Crippen molar-refractivity contribution in [3.63, 3.8) is 0 Å². The number of para-hydroxylation sites is 2. The van der Waals surface area contributed by atoms with Crippen LogP contribution in [0.1, 0.15) is 21.5 Å². The summed E-state index contributed by atoms with van der Waals surface area (Å²) in [5.41, 5.74) is 5.11. The molecule has 0 aliphatic heterocycles. The van der Waals surface area contributed by atoms with Crippen LogP contribution in [0.15, 0.2) is 77.6 Å². The summed E-state index contributed by atoms with van der Waals surface area (Å²) in [5, 5.41) is 0. The first-order valence-corrected chi connectivity index (χ1v) is 9.30. The number of fused-ring (bicyclic) bond motifs is 1. The second-order valence-corrected chi connectivity index (χ2v) is 6.89. The number of carbonyl (C=O) groups is 1. The molecule has 29 heavy (non-hydrogen) atoms. The van der Waals surface area contributed by atoms with E-state index in [0.717, 1.165) is 27.7 Å². The lowest BCUT2D eigenvalue weighted by Crippen LogP contribution is -2.24. The second-order valence-electron chi connectivity index (χ2n) is 6.89. The van der Waals surface area contributed by atoms with Gasteiger partial charge in [-0.2, -0.15) is 0 Å². The number of carbonyl (C=O) groups excluding carboxylic acids is 1. The number of esters is 1.